The average molecular weight is 331 g/mol. The molecule has 6 heteroatoms. The van der Waals surface area contributed by atoms with Crippen molar-refractivity contribution >= 4 is 46.3 Å². The molecular weight excluding hydrogens is 319 g/mol. The van der Waals surface area contributed by atoms with Crippen LogP contribution in [0.2, 0.25) is 10.0 Å². The monoisotopic (exact) mass is 330 g/mol. The van der Waals surface area contributed by atoms with Crippen molar-refractivity contribution in [2.45, 2.75) is 0 Å². The van der Waals surface area contributed by atoms with Crippen molar-refractivity contribution in [2.24, 2.45) is 0 Å². The van der Waals surface area contributed by atoms with Crippen LogP contribution in [0.15, 0.2) is 60.8 Å². The third kappa shape index (κ3) is 3.47. The highest BCUT2D eigenvalue weighted by molar-refractivity contribution is 6.33. The van der Waals surface area contributed by atoms with Gasteiger partial charge < -0.3 is 10.6 Å². The fourth-order valence-electron chi connectivity index (χ4n) is 1.87. The molecule has 1 heterocycles. The van der Waals surface area contributed by atoms with Gasteiger partial charge in [0.1, 0.15) is 5.82 Å². The highest BCUT2D eigenvalue weighted by atomic mass is 35.5. The molecule has 0 aliphatic carbocycles. The van der Waals surface area contributed by atoms with E-state index in [0.717, 1.165) is 11.4 Å². The molecule has 0 spiro atoms. The van der Waals surface area contributed by atoms with Crippen molar-refractivity contribution in [1.82, 2.24) is 9.97 Å². The van der Waals surface area contributed by atoms with E-state index in [-0.39, 0.29) is 0 Å². The number of hydrogen-bond acceptors (Lipinski definition) is 4. The van der Waals surface area contributed by atoms with Gasteiger partial charge in [0.05, 0.1) is 21.4 Å². The maximum atomic E-state index is 6.13. The highest BCUT2D eigenvalue weighted by Crippen LogP contribution is 2.26. The Bertz CT molecular complexity index is 730. The Morgan fingerprint density at radius 1 is 0.727 bits per heavy atom. The van der Waals surface area contributed by atoms with E-state index in [0.29, 0.717) is 21.8 Å². The van der Waals surface area contributed by atoms with Crippen LogP contribution in [-0.4, -0.2) is 9.97 Å². The lowest BCUT2D eigenvalue weighted by Gasteiger charge is -2.10. The number of nitrogens with zero attached hydrogens (tertiary/aromatic N) is 2. The number of halogens is 2. The molecule has 0 saturated carbocycles. The third-order valence-electron chi connectivity index (χ3n) is 2.91. The minimum Gasteiger partial charge on any atom is -0.339 e. The molecule has 0 atom stereocenters. The molecule has 0 radical (unpaired) electrons. The smallest absolute Gasteiger partial charge is 0.229 e. The van der Waals surface area contributed by atoms with Gasteiger partial charge in [-0.1, -0.05) is 47.5 Å². The summed E-state index contributed by atoms with van der Waals surface area (Å²) in [6, 6.07) is 16.6. The standard InChI is InChI=1S/C16H12Cl2N4/c17-11-5-1-3-7-13(11)20-15-9-10-19-16(22-15)21-14-8-4-2-6-12(14)18/h1-10H,(H2,19,20,21,22). The van der Waals surface area contributed by atoms with Gasteiger partial charge in [-0.15, -0.1) is 0 Å². The molecule has 2 aromatic carbocycles. The maximum Gasteiger partial charge on any atom is 0.229 e. The number of nitrogens with one attached hydrogen (secondary N) is 2. The first-order valence-electron chi connectivity index (χ1n) is 6.58. The number of rotatable bonds is 4. The fraction of sp³-hybridized carbons (Fsp3) is 0. The topological polar surface area (TPSA) is 49.8 Å². The van der Waals surface area contributed by atoms with E-state index >= 15 is 0 Å². The van der Waals surface area contributed by atoms with E-state index < -0.39 is 0 Å². The second-order valence-electron chi connectivity index (χ2n) is 4.48. The zero-order valence-corrected chi connectivity index (χ0v) is 12.9. The van der Waals surface area contributed by atoms with Gasteiger partial charge in [0.2, 0.25) is 5.95 Å². The van der Waals surface area contributed by atoms with Gasteiger partial charge in [0.15, 0.2) is 0 Å². The predicted octanol–water partition coefficient (Wildman–Crippen LogP) is 5.27. The van der Waals surface area contributed by atoms with Crippen LogP contribution < -0.4 is 10.6 Å². The summed E-state index contributed by atoms with van der Waals surface area (Å²) in [5.41, 5.74) is 1.53. The molecule has 0 aliphatic heterocycles. The van der Waals surface area contributed by atoms with Crippen LogP contribution in [-0.2, 0) is 0 Å². The minimum absolute atomic E-state index is 0.449. The van der Waals surface area contributed by atoms with Gasteiger partial charge in [-0.05, 0) is 30.3 Å². The SMILES string of the molecule is Clc1ccccc1Nc1ccnc(Nc2ccccc2Cl)n1. The number of para-hydroxylation sites is 2. The number of hydrogen-bond donors (Lipinski definition) is 2. The van der Waals surface area contributed by atoms with Crippen LogP contribution in [0.5, 0.6) is 0 Å². The Balaban J connectivity index is 1.81. The van der Waals surface area contributed by atoms with E-state index in [4.69, 9.17) is 23.2 Å². The van der Waals surface area contributed by atoms with Crippen LogP contribution in [0.25, 0.3) is 0 Å². The number of benzene rings is 2. The molecular formula is C16H12Cl2N4. The zero-order valence-electron chi connectivity index (χ0n) is 11.4. The number of aromatic nitrogens is 2. The van der Waals surface area contributed by atoms with Crippen molar-refractivity contribution in [3.05, 3.63) is 70.8 Å². The molecule has 0 unspecified atom stereocenters. The van der Waals surface area contributed by atoms with E-state index in [1.165, 1.54) is 0 Å². The van der Waals surface area contributed by atoms with Gasteiger partial charge in [-0.3, -0.25) is 0 Å². The van der Waals surface area contributed by atoms with Crippen LogP contribution in [0.4, 0.5) is 23.1 Å². The predicted molar refractivity (Wildman–Crippen MR) is 91.5 cm³/mol. The maximum absolute atomic E-state index is 6.13. The molecule has 0 saturated heterocycles. The summed E-state index contributed by atoms with van der Waals surface area (Å²) in [5.74, 6) is 1.09. The van der Waals surface area contributed by atoms with Crippen molar-refractivity contribution in [1.29, 1.82) is 0 Å². The zero-order chi connectivity index (χ0) is 15.4. The summed E-state index contributed by atoms with van der Waals surface area (Å²) < 4.78 is 0. The molecule has 110 valence electrons. The summed E-state index contributed by atoms with van der Waals surface area (Å²) in [6.07, 6.45) is 1.66. The second-order valence-corrected chi connectivity index (χ2v) is 5.29. The number of anilines is 4. The Labute approximate surface area is 138 Å². The van der Waals surface area contributed by atoms with E-state index in [2.05, 4.69) is 20.6 Å². The van der Waals surface area contributed by atoms with Gasteiger partial charge in [0.25, 0.3) is 0 Å². The second kappa shape index (κ2) is 6.64. The minimum atomic E-state index is 0.449. The molecule has 0 fully saturated rings. The molecule has 0 aliphatic rings. The average Bonchev–Trinajstić information content (AvgIpc) is 2.52. The largest absolute Gasteiger partial charge is 0.339 e. The first-order chi connectivity index (χ1) is 10.7. The first-order valence-corrected chi connectivity index (χ1v) is 7.34. The summed E-state index contributed by atoms with van der Waals surface area (Å²) in [5, 5.41) is 7.48. The quantitative estimate of drug-likeness (QED) is 0.684. The van der Waals surface area contributed by atoms with E-state index in [1.54, 1.807) is 18.3 Å². The van der Waals surface area contributed by atoms with Crippen molar-refractivity contribution < 1.29 is 0 Å². The van der Waals surface area contributed by atoms with Crippen LogP contribution in [0, 0.1) is 0 Å². The lowest BCUT2D eigenvalue weighted by atomic mass is 10.3. The lowest BCUT2D eigenvalue weighted by molar-refractivity contribution is 1.17. The van der Waals surface area contributed by atoms with Gasteiger partial charge in [0, 0.05) is 6.20 Å². The van der Waals surface area contributed by atoms with Crippen molar-refractivity contribution in [2.75, 3.05) is 10.6 Å². The summed E-state index contributed by atoms with van der Waals surface area (Å²) >= 11 is 12.2. The Kier molecular flexibility index (Phi) is 4.42. The van der Waals surface area contributed by atoms with Crippen LogP contribution >= 0.6 is 23.2 Å². The normalized spacial score (nSPS) is 10.3. The first kappa shape index (κ1) is 14.6. The highest BCUT2D eigenvalue weighted by Gasteiger charge is 2.04. The molecule has 1 aromatic heterocycles. The summed E-state index contributed by atoms with van der Waals surface area (Å²) in [4.78, 5) is 8.58. The van der Waals surface area contributed by atoms with Crippen molar-refractivity contribution in [3.8, 4) is 0 Å². The molecule has 4 nitrogen and oxygen atoms in total. The van der Waals surface area contributed by atoms with Crippen LogP contribution in [0.1, 0.15) is 0 Å². The lowest BCUT2D eigenvalue weighted by Crippen LogP contribution is -2.00. The Morgan fingerprint density at radius 2 is 1.32 bits per heavy atom. The molecule has 3 rings (SSSR count). The Morgan fingerprint density at radius 3 is 1.95 bits per heavy atom. The fourth-order valence-corrected chi connectivity index (χ4v) is 2.24. The van der Waals surface area contributed by atoms with E-state index in [1.807, 2.05) is 42.5 Å². The van der Waals surface area contributed by atoms with Gasteiger partial charge in [-0.2, -0.15) is 4.98 Å². The summed E-state index contributed by atoms with van der Waals surface area (Å²) in [6.45, 7) is 0. The Hall–Kier alpha value is -2.30. The van der Waals surface area contributed by atoms with Crippen molar-refractivity contribution in [3.63, 3.8) is 0 Å². The van der Waals surface area contributed by atoms with Gasteiger partial charge >= 0.3 is 0 Å². The van der Waals surface area contributed by atoms with Gasteiger partial charge in [-0.25, -0.2) is 4.98 Å². The van der Waals surface area contributed by atoms with E-state index in [9.17, 15) is 0 Å². The molecule has 3 aromatic rings. The molecule has 0 amide bonds. The third-order valence-corrected chi connectivity index (χ3v) is 3.57. The molecule has 22 heavy (non-hydrogen) atoms. The van der Waals surface area contributed by atoms with Crippen LogP contribution in [0.3, 0.4) is 0 Å². The summed E-state index contributed by atoms with van der Waals surface area (Å²) in [7, 11) is 0. The molecule has 0 bridgehead atoms. The molecule has 2 N–H and O–H groups in total.